The van der Waals surface area contributed by atoms with Crippen molar-refractivity contribution in [2.24, 2.45) is 0 Å². The van der Waals surface area contributed by atoms with Crippen LogP contribution >= 0.6 is 15.9 Å². The summed E-state index contributed by atoms with van der Waals surface area (Å²) in [6.45, 7) is 4.50. The number of aromatic nitrogens is 2. The highest BCUT2D eigenvalue weighted by Gasteiger charge is 2.20. The van der Waals surface area contributed by atoms with Gasteiger partial charge in [0.15, 0.2) is 11.5 Å². The summed E-state index contributed by atoms with van der Waals surface area (Å²) in [5.41, 5.74) is 1.26. The number of carbonyl (C=O) groups is 1. The Morgan fingerprint density at radius 1 is 1.24 bits per heavy atom. The Balaban J connectivity index is 1.55. The van der Waals surface area contributed by atoms with Crippen LogP contribution in [0.4, 0.5) is 0 Å². The summed E-state index contributed by atoms with van der Waals surface area (Å²) in [4.78, 5) is 29.9. The third-order valence-electron chi connectivity index (χ3n) is 4.86. The third kappa shape index (κ3) is 3.85. The van der Waals surface area contributed by atoms with E-state index in [1.165, 1.54) is 4.57 Å². The van der Waals surface area contributed by atoms with Crippen LogP contribution in [0.3, 0.4) is 0 Å². The molecule has 4 rings (SSSR count). The summed E-state index contributed by atoms with van der Waals surface area (Å²) in [5, 5.41) is 3.44. The minimum Gasteiger partial charge on any atom is -0.486 e. The topological polar surface area (TPSA) is 82.5 Å². The maximum atomic E-state index is 12.8. The van der Waals surface area contributed by atoms with Crippen LogP contribution in [0.1, 0.15) is 24.4 Å². The second-order valence-electron chi connectivity index (χ2n) is 6.87. The first-order valence-corrected chi connectivity index (χ1v) is 10.1. The Hall–Kier alpha value is -2.87. The van der Waals surface area contributed by atoms with E-state index in [9.17, 15) is 9.59 Å². The Labute approximate surface area is 175 Å². The monoisotopic (exact) mass is 457 g/mol. The molecule has 0 bridgehead atoms. The number of halogens is 1. The average Bonchev–Trinajstić information content (AvgIpc) is 2.70. The highest BCUT2D eigenvalue weighted by Crippen LogP contribution is 2.37. The molecule has 1 atom stereocenters. The van der Waals surface area contributed by atoms with E-state index in [0.717, 1.165) is 10.0 Å². The first-order valence-electron chi connectivity index (χ1n) is 9.28. The van der Waals surface area contributed by atoms with Crippen LogP contribution in [0.2, 0.25) is 0 Å². The van der Waals surface area contributed by atoms with E-state index in [1.54, 1.807) is 25.1 Å². The molecule has 1 N–H and O–H groups in total. The van der Waals surface area contributed by atoms with E-state index in [0.29, 0.717) is 41.4 Å². The van der Waals surface area contributed by atoms with Gasteiger partial charge in [0.05, 0.1) is 16.9 Å². The van der Waals surface area contributed by atoms with Gasteiger partial charge in [0.25, 0.3) is 5.56 Å². The Bertz CT molecular complexity index is 1160. The molecule has 0 fully saturated rings. The minimum atomic E-state index is -0.294. The molecule has 2 aromatic carbocycles. The van der Waals surface area contributed by atoms with Gasteiger partial charge in [0.1, 0.15) is 25.6 Å². The number of ether oxygens (including phenoxy) is 2. The number of aryl methyl sites for hydroxylation is 1. The number of hydrogen-bond donors (Lipinski definition) is 1. The maximum Gasteiger partial charge on any atom is 0.261 e. The molecule has 0 radical (unpaired) electrons. The molecule has 8 heteroatoms. The molecule has 150 valence electrons. The lowest BCUT2D eigenvalue weighted by atomic mass is 10.1. The zero-order valence-electron chi connectivity index (χ0n) is 16.1. The van der Waals surface area contributed by atoms with Gasteiger partial charge in [-0.1, -0.05) is 28.1 Å². The van der Waals surface area contributed by atoms with E-state index in [4.69, 9.17) is 9.47 Å². The summed E-state index contributed by atoms with van der Waals surface area (Å²) < 4.78 is 13.4. The van der Waals surface area contributed by atoms with Crippen LogP contribution < -0.4 is 20.3 Å². The highest BCUT2D eigenvalue weighted by molar-refractivity contribution is 9.10. The van der Waals surface area contributed by atoms with Crippen LogP contribution in [0.5, 0.6) is 11.5 Å². The Morgan fingerprint density at radius 3 is 2.69 bits per heavy atom. The highest BCUT2D eigenvalue weighted by atomic mass is 79.9. The van der Waals surface area contributed by atoms with Crippen molar-refractivity contribution in [1.82, 2.24) is 14.9 Å². The van der Waals surface area contributed by atoms with Crippen LogP contribution in [0.15, 0.2) is 45.7 Å². The van der Waals surface area contributed by atoms with Crippen molar-refractivity contribution in [3.05, 3.63) is 62.6 Å². The fourth-order valence-corrected chi connectivity index (χ4v) is 4.05. The smallest absolute Gasteiger partial charge is 0.261 e. The summed E-state index contributed by atoms with van der Waals surface area (Å²) in [6, 6.07) is 10.5. The van der Waals surface area contributed by atoms with Gasteiger partial charge in [-0.15, -0.1) is 0 Å². The molecular formula is C21H20BrN3O4. The molecule has 7 nitrogen and oxygen atoms in total. The lowest BCUT2D eigenvalue weighted by Crippen LogP contribution is -2.35. The molecule has 1 aliphatic rings. The lowest BCUT2D eigenvalue weighted by Gasteiger charge is -2.22. The minimum absolute atomic E-state index is 0.102. The van der Waals surface area contributed by atoms with Crippen molar-refractivity contribution >= 4 is 32.7 Å². The predicted molar refractivity (Wildman–Crippen MR) is 112 cm³/mol. The van der Waals surface area contributed by atoms with E-state index < -0.39 is 0 Å². The molecule has 1 aliphatic heterocycles. The first kappa shape index (κ1) is 19.4. The van der Waals surface area contributed by atoms with Crippen molar-refractivity contribution < 1.29 is 14.3 Å². The fourth-order valence-electron chi connectivity index (χ4n) is 3.39. The molecule has 0 saturated carbocycles. The number of para-hydroxylation sites is 1. The largest absolute Gasteiger partial charge is 0.486 e. The van der Waals surface area contributed by atoms with Gasteiger partial charge in [-0.2, -0.15) is 0 Å². The van der Waals surface area contributed by atoms with Gasteiger partial charge in [-0.05, 0) is 43.7 Å². The Morgan fingerprint density at radius 2 is 1.93 bits per heavy atom. The molecule has 1 unspecified atom stereocenters. The van der Waals surface area contributed by atoms with Crippen LogP contribution in [-0.4, -0.2) is 28.7 Å². The number of nitrogens with one attached hydrogen (secondary N) is 1. The van der Waals surface area contributed by atoms with Crippen LogP contribution in [0, 0.1) is 6.92 Å². The van der Waals surface area contributed by atoms with E-state index >= 15 is 0 Å². The van der Waals surface area contributed by atoms with Crippen molar-refractivity contribution in [2.45, 2.75) is 26.4 Å². The summed E-state index contributed by atoms with van der Waals surface area (Å²) in [6.07, 6.45) is 0. The summed E-state index contributed by atoms with van der Waals surface area (Å²) >= 11 is 3.53. The van der Waals surface area contributed by atoms with E-state index in [-0.39, 0.29) is 24.1 Å². The molecule has 0 spiro atoms. The second-order valence-corrected chi connectivity index (χ2v) is 7.73. The van der Waals surface area contributed by atoms with Crippen molar-refractivity contribution in [3.63, 3.8) is 0 Å². The predicted octanol–water partition coefficient (Wildman–Crippen LogP) is 3.12. The van der Waals surface area contributed by atoms with Gasteiger partial charge in [-0.3, -0.25) is 14.2 Å². The van der Waals surface area contributed by atoms with E-state index in [1.807, 2.05) is 25.1 Å². The Kier molecular flexibility index (Phi) is 5.27. The quantitative estimate of drug-likeness (QED) is 0.650. The number of benzene rings is 2. The van der Waals surface area contributed by atoms with Gasteiger partial charge in [-0.25, -0.2) is 4.98 Å². The van der Waals surface area contributed by atoms with Crippen molar-refractivity contribution in [2.75, 3.05) is 13.2 Å². The van der Waals surface area contributed by atoms with E-state index in [2.05, 4.69) is 26.2 Å². The average molecular weight is 458 g/mol. The molecule has 2 heterocycles. The summed E-state index contributed by atoms with van der Waals surface area (Å²) in [7, 11) is 0. The van der Waals surface area contributed by atoms with Gasteiger partial charge in [0, 0.05) is 4.47 Å². The molecule has 1 amide bonds. The van der Waals surface area contributed by atoms with Crippen LogP contribution in [0.25, 0.3) is 10.9 Å². The first-order chi connectivity index (χ1) is 13.9. The normalized spacial score (nSPS) is 13.9. The summed E-state index contributed by atoms with van der Waals surface area (Å²) in [5.74, 6) is 1.55. The number of hydrogen-bond acceptors (Lipinski definition) is 5. The fraction of sp³-hybridized carbons (Fsp3) is 0.286. The lowest BCUT2D eigenvalue weighted by molar-refractivity contribution is -0.122. The number of fused-ring (bicyclic) bond motifs is 2. The van der Waals surface area contributed by atoms with Crippen molar-refractivity contribution in [1.29, 1.82) is 0 Å². The number of amides is 1. The molecule has 29 heavy (non-hydrogen) atoms. The number of carbonyl (C=O) groups excluding carboxylic acids is 1. The standard InChI is InChI=1S/C21H20BrN3O4/c1-12(15-9-18-19(10-16(15)22)29-8-7-28-18)23-20(26)11-25-13(2)24-17-6-4-3-5-14(17)21(25)27/h3-6,9-10,12H,7-8,11H2,1-2H3,(H,23,26). The molecule has 3 aromatic rings. The number of nitrogens with zero attached hydrogens (tertiary/aromatic N) is 2. The number of rotatable bonds is 4. The van der Waals surface area contributed by atoms with Gasteiger partial charge >= 0.3 is 0 Å². The van der Waals surface area contributed by atoms with Crippen LogP contribution in [-0.2, 0) is 11.3 Å². The molecule has 0 saturated heterocycles. The second kappa shape index (κ2) is 7.87. The van der Waals surface area contributed by atoms with Gasteiger partial charge < -0.3 is 14.8 Å². The zero-order valence-corrected chi connectivity index (χ0v) is 17.7. The zero-order chi connectivity index (χ0) is 20.5. The molecule has 0 aliphatic carbocycles. The third-order valence-corrected chi connectivity index (χ3v) is 5.55. The SMILES string of the molecule is Cc1nc2ccccc2c(=O)n1CC(=O)NC(C)c1cc2c(cc1Br)OCCO2. The maximum absolute atomic E-state index is 12.8. The van der Waals surface area contributed by atoms with Gasteiger partial charge in [0.2, 0.25) is 5.91 Å². The molecular weight excluding hydrogens is 438 g/mol. The van der Waals surface area contributed by atoms with Crippen molar-refractivity contribution in [3.8, 4) is 11.5 Å². The molecule has 1 aromatic heterocycles.